The molecule has 0 aliphatic carbocycles. The molecule has 0 N–H and O–H groups in total. The Morgan fingerprint density at radius 1 is 2.00 bits per heavy atom. The van der Waals surface area contributed by atoms with Gasteiger partial charge in [-0.1, -0.05) is 0 Å². The summed E-state index contributed by atoms with van der Waals surface area (Å²) in [4.78, 5) is 0. The fraction of sp³-hybridized carbons (Fsp3) is 1.00. The number of hydrogen-bond donors (Lipinski definition) is 0. The van der Waals surface area contributed by atoms with Crippen molar-refractivity contribution < 1.29 is 43.9 Å². The van der Waals surface area contributed by atoms with Crippen LogP contribution < -0.4 is 29.6 Å². The van der Waals surface area contributed by atoms with Crippen molar-refractivity contribution in [2.75, 3.05) is 6.61 Å². The molecule has 1 unspecified atom stereocenters. The fourth-order valence-electron chi connectivity index (χ4n) is 0.0962. The van der Waals surface area contributed by atoms with Crippen LogP contribution in [0.25, 0.3) is 0 Å². The Hall–Kier alpha value is 1.07. The van der Waals surface area contributed by atoms with Crippen LogP contribution in [0.2, 0.25) is 0 Å². The van der Waals surface area contributed by atoms with Gasteiger partial charge in [-0.2, -0.15) is 0 Å². The van der Waals surface area contributed by atoms with Crippen LogP contribution in [0, 0.1) is 0 Å². The van der Waals surface area contributed by atoms with Crippen LogP contribution in [0.5, 0.6) is 0 Å². The average Bonchev–Trinajstić information content (AvgIpc) is 1.35. The van der Waals surface area contributed by atoms with E-state index in [4.69, 9.17) is 0 Å². The van der Waals surface area contributed by atoms with Crippen molar-refractivity contribution in [3.63, 3.8) is 0 Å². The molecule has 0 bridgehead atoms. The van der Waals surface area contributed by atoms with E-state index < -0.39 is 11.4 Å². The molecule has 0 saturated carbocycles. The van der Waals surface area contributed by atoms with Crippen molar-refractivity contribution in [2.24, 2.45) is 0 Å². The summed E-state index contributed by atoms with van der Waals surface area (Å²) in [6, 6.07) is 0. The molecule has 0 aromatic rings. The van der Waals surface area contributed by atoms with E-state index in [1.54, 1.807) is 6.92 Å². The van der Waals surface area contributed by atoms with Crippen molar-refractivity contribution in [2.45, 2.75) is 6.92 Å². The molecular formula is C2H6NaO3S-. The SMILES string of the molecule is CCOS(=O)[O-].[H-].[Na+]. The Bertz CT molecular complexity index is 61.2. The summed E-state index contributed by atoms with van der Waals surface area (Å²) in [6.07, 6.45) is 0. The molecule has 0 saturated heterocycles. The molecule has 7 heavy (non-hydrogen) atoms. The molecule has 0 rings (SSSR count). The second-order valence-electron chi connectivity index (χ2n) is 0.611. The third kappa shape index (κ3) is 11.0. The average molecular weight is 133 g/mol. The summed E-state index contributed by atoms with van der Waals surface area (Å²) in [7, 11) is 0. The van der Waals surface area contributed by atoms with Crippen molar-refractivity contribution in [3.05, 3.63) is 0 Å². The van der Waals surface area contributed by atoms with Gasteiger partial charge in [0.2, 0.25) is 0 Å². The van der Waals surface area contributed by atoms with Crippen molar-refractivity contribution in [3.8, 4) is 0 Å². The molecule has 0 amide bonds. The Kier molecular flexibility index (Phi) is 11.1. The molecule has 0 aromatic heterocycles. The van der Waals surface area contributed by atoms with E-state index in [1.165, 1.54) is 0 Å². The molecule has 0 radical (unpaired) electrons. The van der Waals surface area contributed by atoms with Crippen LogP contribution in [-0.2, 0) is 15.5 Å². The maximum atomic E-state index is 9.38. The van der Waals surface area contributed by atoms with Gasteiger partial charge in [0, 0.05) is 0 Å². The van der Waals surface area contributed by atoms with Crippen molar-refractivity contribution >= 4 is 11.4 Å². The Morgan fingerprint density at radius 3 is 2.43 bits per heavy atom. The summed E-state index contributed by atoms with van der Waals surface area (Å²) in [5, 5.41) is 0. The smallest absolute Gasteiger partial charge is 1.00 e. The van der Waals surface area contributed by atoms with Crippen molar-refractivity contribution in [1.82, 2.24) is 0 Å². The topological polar surface area (TPSA) is 49.4 Å². The molecule has 3 nitrogen and oxygen atoms in total. The Balaban J connectivity index is -0.000000125. The minimum Gasteiger partial charge on any atom is -1.00 e. The minimum atomic E-state index is -2.32. The first-order valence-electron chi connectivity index (χ1n) is 1.50. The summed E-state index contributed by atoms with van der Waals surface area (Å²) >= 11 is -2.32. The fourth-order valence-corrected chi connectivity index (χ4v) is 0.289. The van der Waals surface area contributed by atoms with Crippen LogP contribution in [0.4, 0.5) is 0 Å². The summed E-state index contributed by atoms with van der Waals surface area (Å²) in [5.74, 6) is 0. The Morgan fingerprint density at radius 2 is 2.43 bits per heavy atom. The van der Waals surface area contributed by atoms with Gasteiger partial charge in [-0.05, 0) is 6.92 Å². The first kappa shape index (κ1) is 10.9. The van der Waals surface area contributed by atoms with E-state index in [2.05, 4.69) is 4.18 Å². The molecule has 0 aliphatic heterocycles. The van der Waals surface area contributed by atoms with E-state index in [0.29, 0.717) is 0 Å². The molecule has 5 heteroatoms. The third-order valence-corrected chi connectivity index (χ3v) is 0.642. The van der Waals surface area contributed by atoms with Gasteiger partial charge < -0.3 is 10.2 Å². The van der Waals surface area contributed by atoms with Gasteiger partial charge in [-0.25, -0.2) is 4.21 Å². The summed E-state index contributed by atoms with van der Waals surface area (Å²) < 4.78 is 22.7. The van der Waals surface area contributed by atoms with Gasteiger partial charge in [-0.3, -0.25) is 0 Å². The maximum Gasteiger partial charge on any atom is 1.00 e. The standard InChI is InChI=1S/C2H6O3S.Na.H/c1-2-5-6(3)4;;/h2H2,1H3,(H,3,4);;/q;+1;-1/p-1. The van der Waals surface area contributed by atoms with Gasteiger partial charge >= 0.3 is 29.6 Å². The Labute approximate surface area is 68.7 Å². The van der Waals surface area contributed by atoms with E-state index in [0.717, 1.165) is 0 Å². The van der Waals surface area contributed by atoms with Crippen LogP contribution in [0.3, 0.4) is 0 Å². The molecule has 0 aromatic carbocycles. The molecule has 0 aliphatic rings. The van der Waals surface area contributed by atoms with Gasteiger partial charge in [0.05, 0.1) is 18.0 Å². The molecule has 40 valence electrons. The second-order valence-corrected chi connectivity index (χ2v) is 1.25. The van der Waals surface area contributed by atoms with E-state index in [9.17, 15) is 8.76 Å². The first-order chi connectivity index (χ1) is 2.77. The number of rotatable bonds is 2. The van der Waals surface area contributed by atoms with Gasteiger partial charge in [0.25, 0.3) is 0 Å². The molecule has 1 atom stereocenters. The summed E-state index contributed by atoms with van der Waals surface area (Å²) in [6.45, 7) is 1.83. The maximum absolute atomic E-state index is 9.38. The van der Waals surface area contributed by atoms with Crippen molar-refractivity contribution in [1.29, 1.82) is 0 Å². The molecular weight excluding hydrogens is 127 g/mol. The zero-order chi connectivity index (χ0) is 4.99. The van der Waals surface area contributed by atoms with Crippen LogP contribution in [0.15, 0.2) is 0 Å². The monoisotopic (exact) mass is 133 g/mol. The first-order valence-corrected chi connectivity index (χ1v) is 2.50. The van der Waals surface area contributed by atoms with Crippen LogP contribution in [0.1, 0.15) is 8.35 Å². The normalized spacial score (nSPS) is 12.3. The minimum absolute atomic E-state index is 0. The predicted octanol–water partition coefficient (Wildman–Crippen LogP) is -3.07. The largest absolute Gasteiger partial charge is 1.00 e. The van der Waals surface area contributed by atoms with Crippen LogP contribution in [-0.4, -0.2) is 15.4 Å². The second kappa shape index (κ2) is 7.07. The van der Waals surface area contributed by atoms with E-state index in [-0.39, 0.29) is 37.6 Å². The quantitative estimate of drug-likeness (QED) is 0.297. The van der Waals surface area contributed by atoms with Gasteiger partial charge in [0.15, 0.2) is 0 Å². The zero-order valence-corrected chi connectivity index (χ0v) is 7.16. The summed E-state index contributed by atoms with van der Waals surface area (Å²) in [5.41, 5.74) is 0. The molecule has 0 fully saturated rings. The zero-order valence-electron chi connectivity index (χ0n) is 5.34. The number of hydrogen-bond acceptors (Lipinski definition) is 3. The van der Waals surface area contributed by atoms with Gasteiger partial charge in [0.1, 0.15) is 0 Å². The molecule has 0 spiro atoms. The molecule has 0 heterocycles. The van der Waals surface area contributed by atoms with Gasteiger partial charge in [-0.15, -0.1) is 0 Å². The van der Waals surface area contributed by atoms with Crippen LogP contribution >= 0.6 is 0 Å². The van der Waals surface area contributed by atoms with E-state index >= 15 is 0 Å². The third-order valence-electron chi connectivity index (χ3n) is 0.214. The van der Waals surface area contributed by atoms with E-state index in [1.807, 2.05) is 0 Å². The predicted molar refractivity (Wildman–Crippen MR) is 21.7 cm³/mol.